The predicted octanol–water partition coefficient (Wildman–Crippen LogP) is 6.21. The number of thioether (sulfide) groups is 2. The lowest BCUT2D eigenvalue weighted by molar-refractivity contribution is -0.122. The molecule has 2 aliphatic rings. The number of para-hydroxylation sites is 1. The lowest BCUT2D eigenvalue weighted by Crippen LogP contribution is -2.31. The zero-order valence-electron chi connectivity index (χ0n) is 20.1. The number of carbonyl (C=O) groups excluding carboxylic acids is 1. The molecule has 36 heavy (non-hydrogen) atoms. The van der Waals surface area contributed by atoms with Crippen LogP contribution in [-0.2, 0) is 11.2 Å². The standard InChI is InChI=1S/C28H25N5OS2/c1-3-30-21-14-13-20(18-29)17-22(21)31-28-33(16-15-19-9-5-4-6-10-19)26(34)25(36-28)27-32(2)23-11-7-8-12-24(23)35-27/h4-14,17,30H,3,15-16H2,1-2H3/b27-25-,31-28-. The Bertz CT molecular complexity index is 1410. The van der Waals surface area contributed by atoms with Crippen molar-refractivity contribution in [2.75, 3.05) is 30.4 Å². The third-order valence-electron chi connectivity index (χ3n) is 5.97. The molecule has 2 aliphatic heterocycles. The summed E-state index contributed by atoms with van der Waals surface area (Å²) in [4.78, 5) is 24.4. The number of benzene rings is 3. The fourth-order valence-corrected chi connectivity index (χ4v) is 6.50. The van der Waals surface area contributed by atoms with Crippen LogP contribution in [0.3, 0.4) is 0 Å². The average molecular weight is 512 g/mol. The highest BCUT2D eigenvalue weighted by molar-refractivity contribution is 8.19. The highest BCUT2D eigenvalue weighted by atomic mass is 32.2. The number of anilines is 2. The summed E-state index contributed by atoms with van der Waals surface area (Å²) in [6.07, 6.45) is 0.719. The largest absolute Gasteiger partial charge is 0.384 e. The Morgan fingerprint density at radius 1 is 1.03 bits per heavy atom. The molecule has 0 spiro atoms. The summed E-state index contributed by atoms with van der Waals surface area (Å²) in [5.41, 5.74) is 4.27. The number of aliphatic imine (C=N–C) groups is 1. The lowest BCUT2D eigenvalue weighted by Gasteiger charge is -2.17. The second-order valence-corrected chi connectivity index (χ2v) is 10.3. The Morgan fingerprint density at radius 2 is 1.81 bits per heavy atom. The number of rotatable bonds is 6. The summed E-state index contributed by atoms with van der Waals surface area (Å²) in [7, 11) is 2.00. The van der Waals surface area contributed by atoms with Crippen molar-refractivity contribution in [2.24, 2.45) is 4.99 Å². The van der Waals surface area contributed by atoms with Crippen molar-refractivity contribution in [3.05, 3.63) is 93.9 Å². The zero-order chi connectivity index (χ0) is 25.1. The molecule has 0 radical (unpaired) electrons. The Morgan fingerprint density at radius 3 is 2.56 bits per heavy atom. The highest BCUT2D eigenvalue weighted by Crippen LogP contribution is 2.50. The van der Waals surface area contributed by atoms with Gasteiger partial charge in [-0.2, -0.15) is 5.26 Å². The van der Waals surface area contributed by atoms with Gasteiger partial charge in [0, 0.05) is 25.0 Å². The summed E-state index contributed by atoms with van der Waals surface area (Å²) in [6.45, 7) is 3.26. The molecule has 0 atom stereocenters. The van der Waals surface area contributed by atoms with Crippen LogP contribution < -0.4 is 10.2 Å². The first-order valence-electron chi connectivity index (χ1n) is 11.7. The lowest BCUT2D eigenvalue weighted by atomic mass is 10.1. The summed E-state index contributed by atoms with van der Waals surface area (Å²) in [6, 6.07) is 25.9. The molecule has 6 nitrogen and oxygen atoms in total. The summed E-state index contributed by atoms with van der Waals surface area (Å²) >= 11 is 3.02. The van der Waals surface area contributed by atoms with Crippen molar-refractivity contribution in [1.29, 1.82) is 5.26 Å². The van der Waals surface area contributed by atoms with Crippen LogP contribution in [-0.4, -0.2) is 36.1 Å². The number of nitrogens with one attached hydrogen (secondary N) is 1. The van der Waals surface area contributed by atoms with Crippen LogP contribution >= 0.6 is 23.5 Å². The van der Waals surface area contributed by atoms with Crippen LogP contribution in [0.4, 0.5) is 17.1 Å². The molecule has 3 aromatic carbocycles. The van der Waals surface area contributed by atoms with Crippen molar-refractivity contribution in [1.82, 2.24) is 4.90 Å². The van der Waals surface area contributed by atoms with Gasteiger partial charge in [-0.3, -0.25) is 9.69 Å². The Hall–Kier alpha value is -3.67. The molecule has 1 amide bonds. The van der Waals surface area contributed by atoms with Gasteiger partial charge < -0.3 is 10.2 Å². The number of nitriles is 1. The van der Waals surface area contributed by atoms with Crippen LogP contribution in [0.5, 0.6) is 0 Å². The Balaban J connectivity index is 1.55. The molecular weight excluding hydrogens is 486 g/mol. The number of fused-ring (bicyclic) bond motifs is 1. The van der Waals surface area contributed by atoms with Crippen LogP contribution in [0, 0.1) is 11.3 Å². The minimum Gasteiger partial charge on any atom is -0.384 e. The van der Waals surface area contributed by atoms with Gasteiger partial charge >= 0.3 is 0 Å². The van der Waals surface area contributed by atoms with Gasteiger partial charge in [0.1, 0.15) is 4.91 Å². The van der Waals surface area contributed by atoms with Crippen molar-refractivity contribution in [2.45, 2.75) is 18.2 Å². The molecule has 2 heterocycles. The second-order valence-electron chi connectivity index (χ2n) is 8.33. The van der Waals surface area contributed by atoms with E-state index in [-0.39, 0.29) is 5.91 Å². The smallest absolute Gasteiger partial charge is 0.269 e. The normalized spacial score (nSPS) is 18.0. The topological polar surface area (TPSA) is 71.7 Å². The average Bonchev–Trinajstić information content (AvgIpc) is 3.40. The van der Waals surface area contributed by atoms with Crippen molar-refractivity contribution >= 4 is 51.7 Å². The maximum absolute atomic E-state index is 13.8. The first-order valence-corrected chi connectivity index (χ1v) is 13.4. The molecule has 5 rings (SSSR count). The summed E-state index contributed by atoms with van der Waals surface area (Å²) in [5.74, 6) is -0.0433. The molecule has 0 aliphatic carbocycles. The first kappa shape index (κ1) is 24.0. The molecule has 0 bridgehead atoms. The molecule has 0 saturated carbocycles. The van der Waals surface area contributed by atoms with E-state index in [0.29, 0.717) is 27.9 Å². The second kappa shape index (κ2) is 10.5. The van der Waals surface area contributed by atoms with Gasteiger partial charge in [0.05, 0.1) is 33.7 Å². The van der Waals surface area contributed by atoms with E-state index in [2.05, 4.69) is 40.6 Å². The fourth-order valence-electron chi connectivity index (χ4n) is 4.14. The summed E-state index contributed by atoms with van der Waals surface area (Å²) < 4.78 is 0. The third-order valence-corrected chi connectivity index (χ3v) is 8.40. The monoisotopic (exact) mass is 511 g/mol. The SMILES string of the molecule is CCNc1ccc(C#N)cc1/N=C1\S/C(=C2\Sc3ccccc3N2C)C(=O)N1CCc1ccccc1. The molecule has 1 saturated heterocycles. The molecule has 1 fully saturated rings. The maximum Gasteiger partial charge on any atom is 0.269 e. The van der Waals surface area contributed by atoms with Gasteiger partial charge in [-0.15, -0.1) is 0 Å². The van der Waals surface area contributed by atoms with E-state index < -0.39 is 0 Å². The number of amides is 1. The van der Waals surface area contributed by atoms with Crippen LogP contribution in [0.1, 0.15) is 18.1 Å². The van der Waals surface area contributed by atoms with Gasteiger partial charge in [-0.05, 0) is 61.0 Å². The maximum atomic E-state index is 13.8. The van der Waals surface area contributed by atoms with E-state index in [4.69, 9.17) is 4.99 Å². The molecule has 3 aromatic rings. The zero-order valence-corrected chi connectivity index (χ0v) is 21.7. The predicted molar refractivity (Wildman–Crippen MR) is 150 cm³/mol. The van der Waals surface area contributed by atoms with Gasteiger partial charge in [0.25, 0.3) is 5.91 Å². The molecule has 0 unspecified atom stereocenters. The third kappa shape index (κ3) is 4.72. The minimum atomic E-state index is -0.0433. The number of hydrogen-bond acceptors (Lipinski definition) is 7. The van der Waals surface area contributed by atoms with E-state index >= 15 is 0 Å². The fraction of sp³-hybridized carbons (Fsp3) is 0.179. The van der Waals surface area contributed by atoms with E-state index in [1.807, 2.05) is 50.4 Å². The minimum absolute atomic E-state index is 0.0433. The van der Waals surface area contributed by atoms with E-state index in [0.717, 1.165) is 39.8 Å². The molecular formula is C28H25N5OS2. The summed E-state index contributed by atoms with van der Waals surface area (Å²) in [5, 5.41) is 14.3. The molecule has 1 N–H and O–H groups in total. The van der Waals surface area contributed by atoms with Gasteiger partial charge in [0.15, 0.2) is 5.17 Å². The van der Waals surface area contributed by atoms with Crippen LogP contribution in [0.15, 0.2) is 92.6 Å². The molecule has 180 valence electrons. The van der Waals surface area contributed by atoms with Crippen molar-refractivity contribution in [3.63, 3.8) is 0 Å². The van der Waals surface area contributed by atoms with Crippen molar-refractivity contribution < 1.29 is 4.79 Å². The quantitative estimate of drug-likeness (QED) is 0.397. The Kier molecular flexibility index (Phi) is 7.03. The number of amidine groups is 1. The number of hydrogen-bond donors (Lipinski definition) is 1. The van der Waals surface area contributed by atoms with Crippen LogP contribution in [0.2, 0.25) is 0 Å². The van der Waals surface area contributed by atoms with E-state index in [1.54, 1.807) is 28.8 Å². The van der Waals surface area contributed by atoms with Gasteiger partial charge in [0.2, 0.25) is 0 Å². The van der Waals surface area contributed by atoms with Crippen LogP contribution in [0.25, 0.3) is 0 Å². The highest BCUT2D eigenvalue weighted by Gasteiger charge is 2.39. The number of nitrogens with zero attached hydrogens (tertiary/aromatic N) is 4. The first-order chi connectivity index (χ1) is 17.6. The molecule has 0 aromatic heterocycles. The number of carbonyl (C=O) groups is 1. The van der Waals surface area contributed by atoms with Gasteiger partial charge in [-0.25, -0.2) is 4.99 Å². The Labute approximate surface area is 219 Å². The van der Waals surface area contributed by atoms with E-state index in [1.165, 1.54) is 11.8 Å². The van der Waals surface area contributed by atoms with E-state index in [9.17, 15) is 10.1 Å². The van der Waals surface area contributed by atoms with Gasteiger partial charge in [-0.1, -0.05) is 54.2 Å². The molecule has 8 heteroatoms. The van der Waals surface area contributed by atoms with Crippen molar-refractivity contribution in [3.8, 4) is 6.07 Å².